The van der Waals surface area contributed by atoms with Gasteiger partial charge < -0.3 is 9.23 Å². The van der Waals surface area contributed by atoms with Crippen molar-refractivity contribution in [3.63, 3.8) is 0 Å². The minimum atomic E-state index is -0.00613. The number of para-hydroxylation sites is 2. The molecule has 2 aliphatic heterocycles. The van der Waals surface area contributed by atoms with E-state index in [2.05, 4.69) is 106 Å². The van der Waals surface area contributed by atoms with Crippen molar-refractivity contribution in [3.8, 4) is 45.0 Å². The summed E-state index contributed by atoms with van der Waals surface area (Å²) >= 11 is 0. The lowest BCUT2D eigenvalue weighted by molar-refractivity contribution is 0.574. The van der Waals surface area contributed by atoms with Gasteiger partial charge in [-0.1, -0.05) is 72.8 Å². The van der Waals surface area contributed by atoms with Gasteiger partial charge in [-0.05, 0) is 57.9 Å². The highest BCUT2D eigenvalue weighted by Crippen LogP contribution is 2.46. The van der Waals surface area contributed by atoms with E-state index in [1.165, 1.54) is 44.6 Å². The van der Waals surface area contributed by atoms with Crippen LogP contribution in [-0.4, -0.2) is 16.8 Å². The molecule has 0 atom stereocenters. The van der Waals surface area contributed by atoms with Crippen LogP contribution in [0, 0.1) is 0 Å². The van der Waals surface area contributed by atoms with E-state index in [9.17, 15) is 0 Å². The summed E-state index contributed by atoms with van der Waals surface area (Å²) in [5, 5.41) is 0. The molecule has 8 rings (SSSR count). The molecule has 0 N–H and O–H groups in total. The summed E-state index contributed by atoms with van der Waals surface area (Å²) in [6, 6.07) is 36.8. The van der Waals surface area contributed by atoms with Crippen molar-refractivity contribution in [1.29, 1.82) is 0 Å². The van der Waals surface area contributed by atoms with E-state index >= 15 is 0 Å². The van der Waals surface area contributed by atoms with Crippen LogP contribution in [-0.2, 0) is 0 Å². The number of benzene rings is 4. The van der Waals surface area contributed by atoms with E-state index in [0.29, 0.717) is 5.89 Å². The molecule has 5 heteroatoms. The maximum Gasteiger partial charge on any atom is 0.329 e. The van der Waals surface area contributed by atoms with Crippen LogP contribution in [0.5, 0.6) is 0 Å². The van der Waals surface area contributed by atoms with Crippen molar-refractivity contribution in [2.45, 2.75) is 0 Å². The van der Waals surface area contributed by atoms with E-state index < -0.39 is 0 Å². The molecule has 0 bridgehead atoms. The molecule has 0 spiro atoms. The van der Waals surface area contributed by atoms with Gasteiger partial charge in [0, 0.05) is 34.3 Å². The third-order valence-electron chi connectivity index (χ3n) is 7.50. The Hall–Kier alpha value is -4.90. The van der Waals surface area contributed by atoms with Crippen molar-refractivity contribution in [3.05, 3.63) is 122 Å². The summed E-state index contributed by atoms with van der Waals surface area (Å²) in [7, 11) is 0. The molecule has 0 saturated carbocycles. The highest BCUT2D eigenvalue weighted by molar-refractivity contribution is 6.92. The van der Waals surface area contributed by atoms with Gasteiger partial charge in [0.15, 0.2) is 0 Å². The van der Waals surface area contributed by atoms with Crippen molar-refractivity contribution >= 4 is 29.1 Å². The zero-order valence-electron chi connectivity index (χ0n) is 19.9. The number of nitrogens with zero attached hydrogens (tertiary/aromatic N) is 3. The molecule has 4 nitrogen and oxygen atoms in total. The molecule has 6 aromatic rings. The molecule has 4 heterocycles. The van der Waals surface area contributed by atoms with E-state index in [4.69, 9.17) is 4.42 Å². The van der Waals surface area contributed by atoms with Crippen LogP contribution in [0.1, 0.15) is 0 Å². The largest absolute Gasteiger partial charge is 0.445 e. The Morgan fingerprint density at radius 2 is 1.22 bits per heavy atom. The lowest BCUT2D eigenvalue weighted by atomic mass is 9.43. The Morgan fingerprint density at radius 3 is 1.86 bits per heavy atom. The molecule has 2 aromatic heterocycles. The van der Waals surface area contributed by atoms with Crippen LogP contribution >= 0.6 is 0 Å². The van der Waals surface area contributed by atoms with Crippen LogP contribution in [0.4, 0.5) is 11.4 Å². The smallest absolute Gasteiger partial charge is 0.329 e. The van der Waals surface area contributed by atoms with Crippen LogP contribution in [0.15, 0.2) is 126 Å². The number of oxazole rings is 1. The van der Waals surface area contributed by atoms with Gasteiger partial charge in [-0.3, -0.25) is 4.98 Å². The maximum atomic E-state index is 5.69. The fraction of sp³-hybridized carbons (Fsp3) is 0. The Balaban J connectivity index is 1.45. The predicted octanol–water partition coefficient (Wildman–Crippen LogP) is 6.31. The number of rotatable bonds is 2. The lowest BCUT2D eigenvalue weighted by Crippen LogP contribution is -2.59. The minimum Gasteiger partial charge on any atom is -0.445 e. The molecule has 0 saturated heterocycles. The van der Waals surface area contributed by atoms with Crippen molar-refractivity contribution in [1.82, 2.24) is 9.97 Å². The van der Waals surface area contributed by atoms with Gasteiger partial charge in [-0.15, -0.1) is 0 Å². The fourth-order valence-corrected chi connectivity index (χ4v) is 5.94. The van der Waals surface area contributed by atoms with Gasteiger partial charge in [0.2, 0.25) is 5.89 Å². The minimum absolute atomic E-state index is 0.00613. The van der Waals surface area contributed by atoms with Crippen LogP contribution in [0.25, 0.3) is 45.0 Å². The predicted molar refractivity (Wildman–Crippen MR) is 150 cm³/mol. The van der Waals surface area contributed by atoms with Gasteiger partial charge >= 0.3 is 6.85 Å². The molecular weight excluding hydrogens is 453 g/mol. The third-order valence-corrected chi connectivity index (χ3v) is 7.50. The quantitative estimate of drug-likeness (QED) is 0.277. The Labute approximate surface area is 215 Å². The van der Waals surface area contributed by atoms with Crippen molar-refractivity contribution < 1.29 is 4.42 Å². The number of hydrogen-bond donors (Lipinski definition) is 0. The topological polar surface area (TPSA) is 42.2 Å². The standard InChI is InChI=1S/C32H20BN3O/c1-3-10-30-25(7-1)23-14-12-21(29-9-5-6-16-34-29)19-27(23)33-28-20-22(32-35-17-18-37-32)13-15-24(28)26-8-2-4-11-31(26)36(30)33/h1-20H. The number of fused-ring (bicyclic) bond motifs is 11. The third kappa shape index (κ3) is 2.98. The average molecular weight is 473 g/mol. The highest BCUT2D eigenvalue weighted by atomic mass is 16.3. The first-order chi connectivity index (χ1) is 18.4. The molecule has 0 unspecified atom stereocenters. The Bertz CT molecular complexity index is 1800. The summed E-state index contributed by atoms with van der Waals surface area (Å²) in [6.45, 7) is -0.00613. The molecule has 172 valence electrons. The second-order valence-electron chi connectivity index (χ2n) is 9.46. The molecule has 37 heavy (non-hydrogen) atoms. The molecule has 0 amide bonds. The molecule has 0 aliphatic carbocycles. The first kappa shape index (κ1) is 20.3. The molecule has 2 aliphatic rings. The first-order valence-electron chi connectivity index (χ1n) is 12.4. The number of anilines is 2. The van der Waals surface area contributed by atoms with Crippen molar-refractivity contribution in [2.24, 2.45) is 0 Å². The van der Waals surface area contributed by atoms with Crippen LogP contribution in [0.2, 0.25) is 0 Å². The van der Waals surface area contributed by atoms with Gasteiger partial charge in [0.1, 0.15) is 6.26 Å². The summed E-state index contributed by atoms with van der Waals surface area (Å²) in [5.74, 6) is 0.631. The van der Waals surface area contributed by atoms with E-state index in [-0.39, 0.29) is 6.85 Å². The van der Waals surface area contributed by atoms with Crippen LogP contribution < -0.4 is 15.7 Å². The fourth-order valence-electron chi connectivity index (χ4n) is 5.94. The lowest BCUT2D eigenvalue weighted by Gasteiger charge is -2.43. The zero-order valence-corrected chi connectivity index (χ0v) is 19.9. The number of aromatic nitrogens is 2. The zero-order chi connectivity index (χ0) is 24.3. The first-order valence-corrected chi connectivity index (χ1v) is 12.4. The Morgan fingerprint density at radius 1 is 0.568 bits per heavy atom. The monoisotopic (exact) mass is 473 g/mol. The van der Waals surface area contributed by atoms with E-state index in [1.54, 1.807) is 12.5 Å². The highest BCUT2D eigenvalue weighted by Gasteiger charge is 2.42. The van der Waals surface area contributed by atoms with E-state index in [0.717, 1.165) is 16.8 Å². The Kier molecular flexibility index (Phi) is 4.28. The summed E-state index contributed by atoms with van der Waals surface area (Å²) < 4.78 is 5.69. The molecule has 0 radical (unpaired) electrons. The summed E-state index contributed by atoms with van der Waals surface area (Å²) in [6.07, 6.45) is 5.18. The summed E-state index contributed by atoms with van der Waals surface area (Å²) in [4.78, 5) is 11.6. The summed E-state index contributed by atoms with van der Waals surface area (Å²) in [5.41, 5.74) is 13.0. The second kappa shape index (κ2) is 7.80. The maximum absolute atomic E-state index is 5.69. The van der Waals surface area contributed by atoms with Gasteiger partial charge in [-0.25, -0.2) is 4.98 Å². The SMILES string of the molecule is c1ccc(-c2ccc3c(c2)B2c4cc(-c5ncco5)ccc4-c4ccccc4N2c2ccccc2-3)nc1. The van der Waals surface area contributed by atoms with Gasteiger partial charge in [0.25, 0.3) is 0 Å². The average Bonchev–Trinajstić information content (AvgIpc) is 3.52. The molecule has 0 fully saturated rings. The molecular formula is C32H20BN3O. The molecule has 4 aromatic carbocycles. The normalized spacial score (nSPS) is 12.8. The van der Waals surface area contributed by atoms with Gasteiger partial charge in [0.05, 0.1) is 11.9 Å². The van der Waals surface area contributed by atoms with Gasteiger partial charge in [-0.2, -0.15) is 0 Å². The number of pyridine rings is 1. The van der Waals surface area contributed by atoms with E-state index in [1.807, 2.05) is 18.3 Å². The van der Waals surface area contributed by atoms with Crippen LogP contribution in [0.3, 0.4) is 0 Å². The van der Waals surface area contributed by atoms with Crippen molar-refractivity contribution in [2.75, 3.05) is 4.81 Å². The second-order valence-corrected chi connectivity index (χ2v) is 9.46. The number of hydrogen-bond acceptors (Lipinski definition) is 4.